The molecule has 0 aliphatic carbocycles. The van der Waals surface area contributed by atoms with Crippen LogP contribution in [0.25, 0.3) is 0 Å². The average Bonchev–Trinajstić information content (AvgIpc) is 2.42. The summed E-state index contributed by atoms with van der Waals surface area (Å²) in [4.78, 5) is 2.55. The number of aryl methyl sites for hydroxylation is 1. The molecule has 1 saturated heterocycles. The van der Waals surface area contributed by atoms with Gasteiger partial charge in [-0.15, -0.1) is 0 Å². The maximum Gasteiger partial charge on any atom is 0.0595 e. The molecule has 0 unspecified atom stereocenters. The summed E-state index contributed by atoms with van der Waals surface area (Å²) in [5.41, 5.74) is 7.91. The fraction of sp³-hybridized carbons (Fsp3) is 0.600. The third-order valence-electron chi connectivity index (χ3n) is 3.79. The number of ether oxygens (including phenoxy) is 1. The van der Waals surface area contributed by atoms with Gasteiger partial charge in [-0.2, -0.15) is 0 Å². The molecule has 1 aliphatic rings. The molecule has 0 saturated carbocycles. The molecule has 0 aromatic heterocycles. The first-order chi connectivity index (χ1) is 8.78. The van der Waals surface area contributed by atoms with Crippen LogP contribution in [-0.4, -0.2) is 37.7 Å². The van der Waals surface area contributed by atoms with Crippen LogP contribution in [0.4, 0.5) is 5.69 Å². The summed E-state index contributed by atoms with van der Waals surface area (Å²) < 4.78 is 5.39. The zero-order valence-electron chi connectivity index (χ0n) is 11.3. The van der Waals surface area contributed by atoms with Crippen molar-refractivity contribution in [3.05, 3.63) is 29.8 Å². The van der Waals surface area contributed by atoms with Crippen LogP contribution < -0.4 is 5.73 Å². The summed E-state index contributed by atoms with van der Waals surface area (Å²) in [7, 11) is 1.82. The summed E-state index contributed by atoms with van der Waals surface area (Å²) in [6.07, 6.45) is 5.21. The monoisotopic (exact) mass is 248 g/mol. The number of nitrogens with two attached hydrogens (primary N) is 1. The van der Waals surface area contributed by atoms with Crippen LogP contribution in [0.2, 0.25) is 0 Å². The molecule has 1 aliphatic heterocycles. The molecule has 1 aromatic rings. The molecule has 1 heterocycles. The Balaban J connectivity index is 1.65. The van der Waals surface area contributed by atoms with Crippen molar-refractivity contribution in [2.24, 2.45) is 0 Å². The standard InChI is InChI=1S/C15H24N2O/c1-18-15-8-11-17(12-9-15)10-2-3-13-4-6-14(16)7-5-13/h4-7,15H,2-3,8-12,16H2,1H3. The highest BCUT2D eigenvalue weighted by Gasteiger charge is 2.17. The van der Waals surface area contributed by atoms with E-state index in [9.17, 15) is 0 Å². The second-order valence-electron chi connectivity index (χ2n) is 5.12. The van der Waals surface area contributed by atoms with Crippen LogP contribution >= 0.6 is 0 Å². The van der Waals surface area contributed by atoms with Gasteiger partial charge in [0.2, 0.25) is 0 Å². The van der Waals surface area contributed by atoms with Crippen molar-refractivity contribution < 1.29 is 4.74 Å². The molecule has 0 spiro atoms. The molecule has 18 heavy (non-hydrogen) atoms. The second-order valence-corrected chi connectivity index (χ2v) is 5.12. The number of nitrogen functional groups attached to an aromatic ring is 1. The van der Waals surface area contributed by atoms with Crippen molar-refractivity contribution in [3.63, 3.8) is 0 Å². The number of hydrogen-bond donors (Lipinski definition) is 1. The second kappa shape index (κ2) is 6.76. The Morgan fingerprint density at radius 1 is 1.22 bits per heavy atom. The third-order valence-corrected chi connectivity index (χ3v) is 3.79. The van der Waals surface area contributed by atoms with E-state index in [2.05, 4.69) is 17.0 Å². The number of likely N-dealkylation sites (tertiary alicyclic amines) is 1. The van der Waals surface area contributed by atoms with Crippen molar-refractivity contribution in [1.82, 2.24) is 4.90 Å². The lowest BCUT2D eigenvalue weighted by atomic mass is 10.1. The van der Waals surface area contributed by atoms with Gasteiger partial charge in [0.05, 0.1) is 6.10 Å². The molecule has 0 atom stereocenters. The summed E-state index contributed by atoms with van der Waals surface area (Å²) in [6, 6.07) is 8.23. The molecule has 3 nitrogen and oxygen atoms in total. The zero-order valence-corrected chi connectivity index (χ0v) is 11.3. The minimum Gasteiger partial charge on any atom is -0.399 e. The van der Waals surface area contributed by atoms with Gasteiger partial charge in [-0.25, -0.2) is 0 Å². The van der Waals surface area contributed by atoms with E-state index in [1.807, 2.05) is 19.2 Å². The SMILES string of the molecule is COC1CCN(CCCc2ccc(N)cc2)CC1. The summed E-state index contributed by atoms with van der Waals surface area (Å²) >= 11 is 0. The molecule has 3 heteroatoms. The average molecular weight is 248 g/mol. The molecule has 1 fully saturated rings. The van der Waals surface area contributed by atoms with Crippen LogP contribution in [0.3, 0.4) is 0 Å². The first-order valence-corrected chi connectivity index (χ1v) is 6.87. The Bertz CT molecular complexity index is 342. The Morgan fingerprint density at radius 3 is 2.50 bits per heavy atom. The third kappa shape index (κ3) is 4.00. The molecule has 2 N–H and O–H groups in total. The van der Waals surface area contributed by atoms with Crippen molar-refractivity contribution in [2.75, 3.05) is 32.5 Å². The highest BCUT2D eigenvalue weighted by atomic mass is 16.5. The first-order valence-electron chi connectivity index (χ1n) is 6.87. The summed E-state index contributed by atoms with van der Waals surface area (Å²) in [6.45, 7) is 3.56. The fourth-order valence-corrected chi connectivity index (χ4v) is 2.56. The number of rotatable bonds is 5. The van der Waals surface area contributed by atoms with Gasteiger partial charge in [0.1, 0.15) is 0 Å². The van der Waals surface area contributed by atoms with E-state index in [1.165, 1.54) is 44.5 Å². The van der Waals surface area contributed by atoms with Gasteiger partial charge in [-0.1, -0.05) is 12.1 Å². The number of hydrogen-bond acceptors (Lipinski definition) is 3. The Labute approximate surface area is 110 Å². The van der Waals surface area contributed by atoms with E-state index >= 15 is 0 Å². The quantitative estimate of drug-likeness (QED) is 0.813. The van der Waals surface area contributed by atoms with Crippen molar-refractivity contribution in [3.8, 4) is 0 Å². The number of piperidine rings is 1. The van der Waals surface area contributed by atoms with Crippen LogP contribution in [-0.2, 0) is 11.2 Å². The van der Waals surface area contributed by atoms with E-state index < -0.39 is 0 Å². The Hall–Kier alpha value is -1.06. The molecule has 100 valence electrons. The highest BCUT2D eigenvalue weighted by Crippen LogP contribution is 2.14. The smallest absolute Gasteiger partial charge is 0.0595 e. The van der Waals surface area contributed by atoms with E-state index in [1.54, 1.807) is 0 Å². The first kappa shape index (κ1) is 13.4. The fourth-order valence-electron chi connectivity index (χ4n) is 2.56. The van der Waals surface area contributed by atoms with E-state index in [-0.39, 0.29) is 0 Å². The van der Waals surface area contributed by atoms with Gasteiger partial charge in [0.15, 0.2) is 0 Å². The minimum atomic E-state index is 0.485. The zero-order chi connectivity index (χ0) is 12.8. The normalized spacial score (nSPS) is 18.1. The van der Waals surface area contributed by atoms with E-state index in [0.29, 0.717) is 6.10 Å². The van der Waals surface area contributed by atoms with Gasteiger partial charge in [-0.05, 0) is 49.9 Å². The lowest BCUT2D eigenvalue weighted by molar-refractivity contribution is 0.0409. The van der Waals surface area contributed by atoms with Gasteiger partial charge in [0.25, 0.3) is 0 Å². The maximum absolute atomic E-state index is 5.68. The minimum absolute atomic E-state index is 0.485. The van der Waals surface area contributed by atoms with E-state index in [0.717, 1.165) is 12.1 Å². The Kier molecular flexibility index (Phi) is 5.02. The number of anilines is 1. The van der Waals surface area contributed by atoms with Crippen molar-refractivity contribution >= 4 is 5.69 Å². The topological polar surface area (TPSA) is 38.5 Å². The van der Waals surface area contributed by atoms with E-state index in [4.69, 9.17) is 10.5 Å². The lowest BCUT2D eigenvalue weighted by Gasteiger charge is -2.31. The van der Waals surface area contributed by atoms with Crippen LogP contribution in [0.5, 0.6) is 0 Å². The number of benzene rings is 1. The van der Waals surface area contributed by atoms with Crippen molar-refractivity contribution in [1.29, 1.82) is 0 Å². The van der Waals surface area contributed by atoms with Gasteiger partial charge >= 0.3 is 0 Å². The maximum atomic E-state index is 5.68. The van der Waals surface area contributed by atoms with Gasteiger partial charge in [-0.3, -0.25) is 0 Å². The number of methoxy groups -OCH3 is 1. The van der Waals surface area contributed by atoms with Gasteiger partial charge < -0.3 is 15.4 Å². The predicted octanol–water partition coefficient (Wildman–Crippen LogP) is 2.31. The molecule has 2 rings (SSSR count). The predicted molar refractivity (Wildman–Crippen MR) is 75.6 cm³/mol. The molecule has 0 radical (unpaired) electrons. The molecule has 0 bridgehead atoms. The van der Waals surface area contributed by atoms with Crippen LogP contribution in [0.1, 0.15) is 24.8 Å². The number of nitrogens with zero attached hydrogens (tertiary/aromatic N) is 1. The largest absolute Gasteiger partial charge is 0.399 e. The Morgan fingerprint density at radius 2 is 1.89 bits per heavy atom. The summed E-state index contributed by atoms with van der Waals surface area (Å²) in [5, 5.41) is 0. The van der Waals surface area contributed by atoms with Gasteiger partial charge in [0, 0.05) is 25.9 Å². The lowest BCUT2D eigenvalue weighted by Crippen LogP contribution is -2.37. The van der Waals surface area contributed by atoms with Crippen molar-refractivity contribution in [2.45, 2.75) is 31.8 Å². The molecular weight excluding hydrogens is 224 g/mol. The molecular formula is C15H24N2O. The molecule has 1 aromatic carbocycles. The molecule has 0 amide bonds. The summed E-state index contributed by atoms with van der Waals surface area (Å²) in [5.74, 6) is 0. The van der Waals surface area contributed by atoms with Crippen LogP contribution in [0, 0.1) is 0 Å². The highest BCUT2D eigenvalue weighted by molar-refractivity contribution is 5.39. The van der Waals surface area contributed by atoms with Crippen LogP contribution in [0.15, 0.2) is 24.3 Å².